The lowest BCUT2D eigenvalue weighted by Crippen LogP contribution is -2.47. The van der Waals surface area contributed by atoms with Crippen LogP contribution in [-0.4, -0.2) is 34.9 Å². The van der Waals surface area contributed by atoms with E-state index < -0.39 is 17.5 Å². The lowest BCUT2D eigenvalue weighted by Gasteiger charge is -2.35. The number of benzene rings is 2. The van der Waals surface area contributed by atoms with Crippen molar-refractivity contribution in [3.8, 4) is 23.0 Å². The quantitative estimate of drug-likeness (QED) is 0.421. The fraction of sp³-hybridized carbons (Fsp3) is 0.333. The van der Waals surface area contributed by atoms with Crippen LogP contribution in [0.5, 0.6) is 23.0 Å². The third kappa shape index (κ3) is 4.21. The number of carbonyl (C=O) groups excluding carboxylic acids is 1. The Hall–Kier alpha value is -3.48. The molecule has 0 spiro atoms. The minimum absolute atomic E-state index is 0.213. The van der Waals surface area contributed by atoms with Gasteiger partial charge < -0.3 is 24.4 Å². The van der Waals surface area contributed by atoms with Gasteiger partial charge in [0.05, 0.1) is 7.11 Å². The Balaban J connectivity index is 1.87. The van der Waals surface area contributed by atoms with Gasteiger partial charge in [0, 0.05) is 18.1 Å². The zero-order valence-electron chi connectivity index (χ0n) is 18.2. The minimum atomic E-state index is -1.21. The van der Waals surface area contributed by atoms with Crippen molar-refractivity contribution in [1.29, 1.82) is 0 Å². The molecule has 3 rings (SSSR count). The lowest BCUT2D eigenvalue weighted by atomic mass is 9.87. The summed E-state index contributed by atoms with van der Waals surface area (Å²) in [5.74, 6) is -0.245. The highest BCUT2D eigenvalue weighted by molar-refractivity contribution is 5.86. The standard InChI is InChI=1S/C24H26O7/c1-13-14(2)22-17(15(3)21(13)27)10-11-24(4,31-22)23(28)30-18-8-6-16(7-9-20(25)26)12-19(18)29-5/h6-9,12,27H,10-11H2,1-5H3,(H,25,26). The first-order chi connectivity index (χ1) is 14.6. The highest BCUT2D eigenvalue weighted by Crippen LogP contribution is 2.44. The van der Waals surface area contributed by atoms with Crippen LogP contribution >= 0.6 is 0 Å². The summed E-state index contributed by atoms with van der Waals surface area (Å²) in [6.07, 6.45) is 3.39. The Kier molecular flexibility index (Phi) is 5.97. The monoisotopic (exact) mass is 426 g/mol. The summed E-state index contributed by atoms with van der Waals surface area (Å²) >= 11 is 0. The van der Waals surface area contributed by atoms with Crippen molar-refractivity contribution in [3.05, 3.63) is 52.1 Å². The second-order valence-electron chi connectivity index (χ2n) is 7.84. The first-order valence-electron chi connectivity index (χ1n) is 9.89. The molecule has 0 saturated heterocycles. The maximum absolute atomic E-state index is 13.1. The van der Waals surface area contributed by atoms with E-state index >= 15 is 0 Å². The molecule has 2 aromatic carbocycles. The lowest BCUT2D eigenvalue weighted by molar-refractivity contribution is -0.152. The number of carbonyl (C=O) groups is 2. The summed E-state index contributed by atoms with van der Waals surface area (Å²) in [4.78, 5) is 23.8. The van der Waals surface area contributed by atoms with Gasteiger partial charge in [0.1, 0.15) is 11.5 Å². The number of hydrogen-bond donors (Lipinski definition) is 2. The van der Waals surface area contributed by atoms with Crippen molar-refractivity contribution in [2.45, 2.75) is 46.1 Å². The van der Waals surface area contributed by atoms with Gasteiger partial charge in [-0.25, -0.2) is 9.59 Å². The maximum Gasteiger partial charge on any atom is 0.355 e. The molecule has 1 aliphatic rings. The smallest absolute Gasteiger partial charge is 0.355 e. The number of phenolic OH excluding ortho intramolecular Hbond substituents is 1. The molecular weight excluding hydrogens is 400 g/mol. The van der Waals surface area contributed by atoms with Crippen molar-refractivity contribution < 1.29 is 34.0 Å². The molecule has 1 atom stereocenters. The number of ether oxygens (including phenoxy) is 3. The van der Waals surface area contributed by atoms with Gasteiger partial charge in [-0.05, 0) is 74.6 Å². The summed E-state index contributed by atoms with van der Waals surface area (Å²) in [7, 11) is 1.44. The second kappa shape index (κ2) is 8.34. The Morgan fingerprint density at radius 2 is 1.84 bits per heavy atom. The van der Waals surface area contributed by atoms with Crippen molar-refractivity contribution in [2.24, 2.45) is 0 Å². The molecule has 2 N–H and O–H groups in total. The van der Waals surface area contributed by atoms with Crippen LogP contribution in [0, 0.1) is 20.8 Å². The zero-order valence-corrected chi connectivity index (χ0v) is 18.2. The molecular formula is C24H26O7. The molecule has 0 fully saturated rings. The highest BCUT2D eigenvalue weighted by Gasteiger charge is 2.42. The van der Waals surface area contributed by atoms with E-state index in [0.29, 0.717) is 29.9 Å². The number of esters is 1. The molecule has 2 aromatic rings. The average molecular weight is 426 g/mol. The number of carboxylic acids is 1. The Bertz CT molecular complexity index is 1080. The molecule has 0 bridgehead atoms. The van der Waals surface area contributed by atoms with E-state index in [-0.39, 0.29) is 11.5 Å². The van der Waals surface area contributed by atoms with E-state index in [1.807, 2.05) is 20.8 Å². The summed E-state index contributed by atoms with van der Waals surface area (Å²) in [6.45, 7) is 7.20. The average Bonchev–Trinajstić information content (AvgIpc) is 2.75. The third-order valence-corrected chi connectivity index (χ3v) is 5.76. The molecule has 0 saturated carbocycles. The molecule has 1 aliphatic heterocycles. The highest BCUT2D eigenvalue weighted by atomic mass is 16.6. The second-order valence-corrected chi connectivity index (χ2v) is 7.84. The molecule has 1 heterocycles. The summed E-state index contributed by atoms with van der Waals surface area (Å²) in [5, 5.41) is 19.1. The summed E-state index contributed by atoms with van der Waals surface area (Å²) in [5.41, 5.74) is 2.57. The van der Waals surface area contributed by atoms with Gasteiger partial charge in [-0.15, -0.1) is 0 Å². The fourth-order valence-electron chi connectivity index (χ4n) is 3.64. The van der Waals surface area contributed by atoms with Crippen LogP contribution in [0.15, 0.2) is 24.3 Å². The van der Waals surface area contributed by atoms with Gasteiger partial charge in [0.25, 0.3) is 0 Å². The van der Waals surface area contributed by atoms with Crippen LogP contribution in [0.4, 0.5) is 0 Å². The van der Waals surface area contributed by atoms with Gasteiger partial charge >= 0.3 is 11.9 Å². The van der Waals surface area contributed by atoms with Crippen molar-refractivity contribution in [2.75, 3.05) is 7.11 Å². The molecule has 7 heteroatoms. The molecule has 31 heavy (non-hydrogen) atoms. The van der Waals surface area contributed by atoms with Gasteiger partial charge in [0.2, 0.25) is 5.60 Å². The van der Waals surface area contributed by atoms with E-state index in [1.165, 1.54) is 13.2 Å². The normalized spacial score (nSPS) is 17.7. The Morgan fingerprint density at radius 1 is 1.13 bits per heavy atom. The number of carboxylic acid groups (broad SMARTS) is 1. The summed E-state index contributed by atoms with van der Waals surface area (Å²) < 4.78 is 17.1. The first-order valence-corrected chi connectivity index (χ1v) is 9.89. The molecule has 0 radical (unpaired) electrons. The van der Waals surface area contributed by atoms with Crippen LogP contribution in [-0.2, 0) is 16.0 Å². The van der Waals surface area contributed by atoms with Gasteiger partial charge in [0.15, 0.2) is 11.5 Å². The molecule has 0 aromatic heterocycles. The minimum Gasteiger partial charge on any atom is -0.507 e. The number of fused-ring (bicyclic) bond motifs is 1. The van der Waals surface area contributed by atoms with E-state index in [2.05, 4.69) is 0 Å². The number of hydrogen-bond acceptors (Lipinski definition) is 6. The van der Waals surface area contributed by atoms with Crippen molar-refractivity contribution in [3.63, 3.8) is 0 Å². The Labute approximate surface area is 180 Å². The molecule has 1 unspecified atom stereocenters. The molecule has 0 aliphatic carbocycles. The zero-order chi connectivity index (χ0) is 22.9. The SMILES string of the molecule is COc1cc(C=CC(=O)O)ccc1OC(=O)C1(C)CCc2c(C)c(O)c(C)c(C)c2O1. The third-order valence-electron chi connectivity index (χ3n) is 5.76. The van der Waals surface area contributed by atoms with Crippen LogP contribution in [0.25, 0.3) is 6.08 Å². The largest absolute Gasteiger partial charge is 0.507 e. The molecule has 164 valence electrons. The van der Waals surface area contributed by atoms with Gasteiger partial charge in [-0.1, -0.05) is 6.07 Å². The number of aliphatic carboxylic acids is 1. The Morgan fingerprint density at radius 3 is 2.48 bits per heavy atom. The number of phenols is 1. The van der Waals surface area contributed by atoms with Gasteiger partial charge in [-0.2, -0.15) is 0 Å². The van der Waals surface area contributed by atoms with Crippen LogP contribution in [0.3, 0.4) is 0 Å². The molecule has 0 amide bonds. The van der Waals surface area contributed by atoms with Crippen LogP contribution in [0.2, 0.25) is 0 Å². The molecule has 7 nitrogen and oxygen atoms in total. The van der Waals surface area contributed by atoms with E-state index in [9.17, 15) is 14.7 Å². The topological polar surface area (TPSA) is 102 Å². The van der Waals surface area contributed by atoms with E-state index in [1.54, 1.807) is 25.1 Å². The van der Waals surface area contributed by atoms with Crippen molar-refractivity contribution >= 4 is 18.0 Å². The first kappa shape index (κ1) is 22.2. The number of aromatic hydroxyl groups is 1. The van der Waals surface area contributed by atoms with Crippen molar-refractivity contribution in [1.82, 2.24) is 0 Å². The maximum atomic E-state index is 13.1. The number of methoxy groups -OCH3 is 1. The number of rotatable bonds is 5. The van der Waals surface area contributed by atoms with E-state index in [0.717, 1.165) is 28.3 Å². The van der Waals surface area contributed by atoms with Gasteiger partial charge in [-0.3, -0.25) is 0 Å². The van der Waals surface area contributed by atoms with Crippen LogP contribution in [0.1, 0.15) is 41.2 Å². The predicted octanol–water partition coefficient (Wildman–Crippen LogP) is 4.11. The predicted molar refractivity (Wildman–Crippen MR) is 115 cm³/mol. The van der Waals surface area contributed by atoms with E-state index in [4.69, 9.17) is 19.3 Å². The summed E-state index contributed by atoms with van der Waals surface area (Å²) in [6, 6.07) is 4.76. The fourth-order valence-corrected chi connectivity index (χ4v) is 3.64. The van der Waals surface area contributed by atoms with Crippen LogP contribution < -0.4 is 14.2 Å².